The van der Waals surface area contributed by atoms with Crippen LogP contribution >= 0.6 is 27.7 Å². The molecule has 1 N–H and O–H groups in total. The van der Waals surface area contributed by atoms with Crippen molar-refractivity contribution in [1.29, 1.82) is 0 Å². The van der Waals surface area contributed by atoms with Crippen molar-refractivity contribution < 1.29 is 0 Å². The minimum atomic E-state index is 0.0631. The van der Waals surface area contributed by atoms with E-state index in [1.54, 1.807) is 0 Å². The van der Waals surface area contributed by atoms with Gasteiger partial charge in [0.1, 0.15) is 5.52 Å². The van der Waals surface area contributed by atoms with Crippen molar-refractivity contribution in [2.45, 2.75) is 13.3 Å². The highest BCUT2D eigenvalue weighted by atomic mass is 79.9. The number of benzene rings is 1. The quantitative estimate of drug-likeness (QED) is 0.605. The van der Waals surface area contributed by atoms with Crippen molar-refractivity contribution in [3.8, 4) is 0 Å². The molecule has 1 atom stereocenters. The second-order valence-electron chi connectivity index (χ2n) is 6.15. The van der Waals surface area contributed by atoms with Gasteiger partial charge in [0.05, 0.1) is 16.7 Å². The minimum absolute atomic E-state index is 0.0631. The number of nitrogens with zero attached hydrogens (tertiary/aromatic N) is 2. The molecule has 0 radical (unpaired) electrons. The first-order valence-corrected chi connectivity index (χ1v) is 8.75. The van der Waals surface area contributed by atoms with Gasteiger partial charge in [0.15, 0.2) is 0 Å². The second kappa shape index (κ2) is 4.18. The zero-order valence-electron chi connectivity index (χ0n) is 11.9. The Morgan fingerprint density at radius 1 is 1.36 bits per heavy atom. The van der Waals surface area contributed by atoms with Gasteiger partial charge in [0.2, 0.25) is 0 Å². The normalized spacial score (nSPS) is 22.9. The molecule has 108 valence electrons. The fourth-order valence-electron chi connectivity index (χ4n) is 3.55. The molecule has 0 fully saturated rings. The monoisotopic (exact) mass is 369 g/mol. The zero-order valence-corrected chi connectivity index (χ0v) is 14.3. The molecule has 5 rings (SSSR count). The third-order valence-electron chi connectivity index (χ3n) is 4.72. The molecule has 1 aromatic carbocycles. The summed E-state index contributed by atoms with van der Waals surface area (Å²) in [6, 6.07) is 2.08. The number of nitrogens with one attached hydrogen (secondary N) is 1. The van der Waals surface area contributed by atoms with Gasteiger partial charge in [0, 0.05) is 27.0 Å². The average molecular weight is 370 g/mol. The van der Waals surface area contributed by atoms with Gasteiger partial charge in [0.25, 0.3) is 0 Å². The van der Waals surface area contributed by atoms with E-state index in [0.717, 1.165) is 33.1 Å². The lowest BCUT2D eigenvalue weighted by Crippen LogP contribution is -2.23. The molecule has 22 heavy (non-hydrogen) atoms. The van der Waals surface area contributed by atoms with Gasteiger partial charge < -0.3 is 0 Å². The lowest BCUT2D eigenvalue weighted by molar-refractivity contribution is 0.518. The van der Waals surface area contributed by atoms with E-state index in [9.17, 15) is 0 Å². The fourth-order valence-corrected chi connectivity index (χ4v) is 4.79. The van der Waals surface area contributed by atoms with Crippen molar-refractivity contribution in [3.63, 3.8) is 0 Å². The Labute approximate surface area is 139 Å². The predicted octanol–water partition coefficient (Wildman–Crippen LogP) is 5.01. The number of aromatic amines is 1. The summed E-state index contributed by atoms with van der Waals surface area (Å²) in [5, 5.41) is 1.22. The molecule has 0 amide bonds. The maximum absolute atomic E-state index is 4.86. The van der Waals surface area contributed by atoms with Crippen LogP contribution in [0.5, 0.6) is 0 Å². The molecule has 0 saturated heterocycles. The van der Waals surface area contributed by atoms with Crippen molar-refractivity contribution in [3.05, 3.63) is 51.7 Å². The van der Waals surface area contributed by atoms with E-state index in [4.69, 9.17) is 4.98 Å². The number of allylic oxidation sites excluding steroid dienone is 5. The summed E-state index contributed by atoms with van der Waals surface area (Å²) in [6.45, 7) is 2.30. The summed E-state index contributed by atoms with van der Waals surface area (Å²) in [4.78, 5) is 4.86. The summed E-state index contributed by atoms with van der Waals surface area (Å²) in [5.74, 6) is 0. The summed E-state index contributed by atoms with van der Waals surface area (Å²) in [5.41, 5.74) is 6.95. The van der Waals surface area contributed by atoms with E-state index in [-0.39, 0.29) is 5.41 Å². The Bertz CT molecular complexity index is 1040. The Morgan fingerprint density at radius 2 is 2.27 bits per heavy atom. The molecule has 2 aromatic heterocycles. The number of halogens is 1. The third-order valence-corrected chi connectivity index (χ3v) is 5.89. The molecule has 2 aliphatic carbocycles. The van der Waals surface area contributed by atoms with Crippen LogP contribution in [0.25, 0.3) is 28.0 Å². The zero-order chi connectivity index (χ0) is 14.9. The van der Waals surface area contributed by atoms with Crippen LogP contribution in [0.4, 0.5) is 0 Å². The standard InChI is InChI=1S/C17H12BrN3S/c1-17-5-3-2-4-9(17)6-12-10(8-17)14-13(19-12)7-11(18)15-16(14)21-22-20-15/h2-7,21H,8H2,1H3. The van der Waals surface area contributed by atoms with Crippen molar-refractivity contribution in [2.24, 2.45) is 5.41 Å². The van der Waals surface area contributed by atoms with Crippen LogP contribution in [-0.2, 0) is 6.42 Å². The molecule has 0 spiro atoms. The molecule has 2 aliphatic rings. The number of hydrogen-bond donors (Lipinski definition) is 1. The predicted molar refractivity (Wildman–Crippen MR) is 95.0 cm³/mol. The summed E-state index contributed by atoms with van der Waals surface area (Å²) < 4.78 is 8.80. The van der Waals surface area contributed by atoms with E-state index >= 15 is 0 Å². The highest BCUT2D eigenvalue weighted by Gasteiger charge is 2.33. The number of H-pyrrole nitrogens is 1. The Hall–Kier alpha value is -1.72. The van der Waals surface area contributed by atoms with Crippen molar-refractivity contribution in [1.82, 2.24) is 13.7 Å². The van der Waals surface area contributed by atoms with Gasteiger partial charge in [-0.2, -0.15) is 4.37 Å². The second-order valence-corrected chi connectivity index (χ2v) is 7.57. The molecule has 2 heterocycles. The summed E-state index contributed by atoms with van der Waals surface area (Å²) in [6.07, 6.45) is 12.0. The van der Waals surface area contributed by atoms with Gasteiger partial charge in [-0.1, -0.05) is 31.2 Å². The lowest BCUT2D eigenvalue weighted by Gasteiger charge is -2.32. The van der Waals surface area contributed by atoms with Crippen molar-refractivity contribution >= 4 is 55.7 Å². The Morgan fingerprint density at radius 3 is 3.18 bits per heavy atom. The van der Waals surface area contributed by atoms with Crippen LogP contribution in [0.1, 0.15) is 18.2 Å². The van der Waals surface area contributed by atoms with Gasteiger partial charge >= 0.3 is 0 Å². The number of aromatic nitrogens is 3. The van der Waals surface area contributed by atoms with Crippen LogP contribution in [0.2, 0.25) is 0 Å². The topological polar surface area (TPSA) is 41.6 Å². The van der Waals surface area contributed by atoms with Crippen LogP contribution in [0, 0.1) is 5.41 Å². The first-order valence-electron chi connectivity index (χ1n) is 7.19. The van der Waals surface area contributed by atoms with E-state index in [1.807, 2.05) is 0 Å². The first kappa shape index (κ1) is 12.8. The van der Waals surface area contributed by atoms with Gasteiger partial charge in [-0.25, -0.2) is 4.98 Å². The van der Waals surface area contributed by atoms with Gasteiger partial charge in [-0.15, -0.1) is 0 Å². The number of fused-ring (bicyclic) bond motifs is 6. The Balaban J connectivity index is 1.90. The largest absolute Gasteiger partial charge is 0.293 e. The van der Waals surface area contributed by atoms with E-state index < -0.39 is 0 Å². The van der Waals surface area contributed by atoms with E-state index in [1.165, 1.54) is 28.3 Å². The summed E-state index contributed by atoms with van der Waals surface area (Å²) in [7, 11) is 0. The maximum atomic E-state index is 4.86. The number of hydrogen-bond acceptors (Lipinski definition) is 3. The van der Waals surface area contributed by atoms with Crippen LogP contribution in [0.15, 0.2) is 40.4 Å². The van der Waals surface area contributed by atoms with Crippen LogP contribution < -0.4 is 0 Å². The molecular weight excluding hydrogens is 358 g/mol. The smallest absolute Gasteiger partial charge is 0.117 e. The highest BCUT2D eigenvalue weighted by molar-refractivity contribution is 9.10. The molecule has 0 aliphatic heterocycles. The average Bonchev–Trinajstić information content (AvgIpc) is 3.08. The maximum Gasteiger partial charge on any atom is 0.117 e. The molecule has 3 aromatic rings. The van der Waals surface area contributed by atoms with E-state index in [0.29, 0.717) is 0 Å². The molecule has 5 heteroatoms. The van der Waals surface area contributed by atoms with Gasteiger partial charge in [-0.05, 0) is 45.6 Å². The Kier molecular flexibility index (Phi) is 2.43. The molecule has 0 bridgehead atoms. The molecule has 1 unspecified atom stereocenters. The third kappa shape index (κ3) is 1.55. The molecule has 3 nitrogen and oxygen atoms in total. The highest BCUT2D eigenvalue weighted by Crippen LogP contribution is 2.45. The fraction of sp³-hybridized carbons (Fsp3) is 0.176. The lowest BCUT2D eigenvalue weighted by atomic mass is 9.71. The van der Waals surface area contributed by atoms with Gasteiger partial charge in [-0.3, -0.25) is 4.37 Å². The SMILES string of the molecule is CC12C=CC=CC1=Cc1nc3cc(Br)c4ns[nH]c4c3c1C2. The van der Waals surface area contributed by atoms with Crippen molar-refractivity contribution in [2.75, 3.05) is 0 Å². The first-order chi connectivity index (χ1) is 10.7. The molecule has 0 saturated carbocycles. The minimum Gasteiger partial charge on any atom is -0.293 e. The van der Waals surface area contributed by atoms with E-state index in [2.05, 4.69) is 68.0 Å². The van der Waals surface area contributed by atoms with Crippen LogP contribution in [0.3, 0.4) is 0 Å². The number of rotatable bonds is 0. The molecular formula is C17H12BrN3S. The van der Waals surface area contributed by atoms with Crippen LogP contribution in [-0.4, -0.2) is 13.7 Å². The summed E-state index contributed by atoms with van der Waals surface area (Å²) >= 11 is 4.99.